The van der Waals surface area contributed by atoms with Crippen LogP contribution in [0.15, 0.2) is 83.4 Å². The van der Waals surface area contributed by atoms with Gasteiger partial charge >= 0.3 is 0 Å². The molecule has 6 heteroatoms. The molecule has 0 saturated carbocycles. The Morgan fingerprint density at radius 1 is 1.04 bits per heavy atom. The quantitative estimate of drug-likeness (QED) is 0.487. The fraction of sp³-hybridized carbons (Fsp3) is 0.0500. The summed E-state index contributed by atoms with van der Waals surface area (Å²) in [6, 6.07) is 17.5. The Bertz CT molecular complexity index is 908. The zero-order valence-electron chi connectivity index (χ0n) is 14.3. The molecule has 3 aromatic rings. The van der Waals surface area contributed by atoms with Gasteiger partial charge in [-0.2, -0.15) is 0 Å². The van der Waals surface area contributed by atoms with Crippen LogP contribution in [0.2, 0.25) is 0 Å². The number of nitrogens with one attached hydrogen (secondary N) is 2. The number of carbonyl (C=O) groups is 1. The van der Waals surface area contributed by atoms with E-state index in [4.69, 9.17) is 0 Å². The Balaban J connectivity index is 1.67. The molecule has 0 aliphatic rings. The van der Waals surface area contributed by atoms with Crippen molar-refractivity contribution in [3.8, 4) is 0 Å². The Morgan fingerprint density at radius 3 is 2.42 bits per heavy atom. The molecule has 0 spiro atoms. The average molecular weight is 362 g/mol. The van der Waals surface area contributed by atoms with Gasteiger partial charge in [0, 0.05) is 22.5 Å². The van der Waals surface area contributed by atoms with Gasteiger partial charge in [0.15, 0.2) is 0 Å². The molecule has 2 N–H and O–H groups in total. The Labute approximate surface area is 156 Å². The van der Waals surface area contributed by atoms with Gasteiger partial charge in [0.05, 0.1) is 0 Å². The normalized spacial score (nSPS) is 10.2. The van der Waals surface area contributed by atoms with Crippen molar-refractivity contribution in [1.82, 2.24) is 9.97 Å². The summed E-state index contributed by atoms with van der Waals surface area (Å²) in [6.07, 6.45) is 2.97. The number of amides is 1. The maximum absolute atomic E-state index is 11.3. The monoisotopic (exact) mass is 362 g/mol. The second-order valence-corrected chi connectivity index (χ2v) is 6.62. The first-order valence-corrected chi connectivity index (χ1v) is 8.82. The van der Waals surface area contributed by atoms with Crippen LogP contribution in [0, 0.1) is 6.92 Å². The van der Waals surface area contributed by atoms with E-state index >= 15 is 0 Å². The first-order valence-electron chi connectivity index (χ1n) is 8.00. The molecule has 26 heavy (non-hydrogen) atoms. The van der Waals surface area contributed by atoms with Crippen molar-refractivity contribution in [1.29, 1.82) is 0 Å². The number of hydrogen-bond donors (Lipinski definition) is 2. The van der Waals surface area contributed by atoms with Crippen LogP contribution in [-0.4, -0.2) is 15.9 Å². The van der Waals surface area contributed by atoms with Gasteiger partial charge < -0.3 is 10.6 Å². The zero-order valence-corrected chi connectivity index (χ0v) is 15.1. The zero-order chi connectivity index (χ0) is 18.4. The summed E-state index contributed by atoms with van der Waals surface area (Å²) in [7, 11) is 0. The molecular formula is C20H18N4OS. The third-order valence-electron chi connectivity index (χ3n) is 3.47. The van der Waals surface area contributed by atoms with Crippen molar-refractivity contribution in [3.05, 3.63) is 79.0 Å². The molecule has 0 saturated heterocycles. The molecule has 130 valence electrons. The summed E-state index contributed by atoms with van der Waals surface area (Å²) >= 11 is 1.52. The molecular weight excluding hydrogens is 344 g/mol. The van der Waals surface area contributed by atoms with E-state index in [9.17, 15) is 4.79 Å². The number of rotatable bonds is 6. The lowest BCUT2D eigenvalue weighted by atomic mass is 10.2. The molecule has 1 aromatic heterocycles. The van der Waals surface area contributed by atoms with E-state index in [1.165, 1.54) is 23.4 Å². The van der Waals surface area contributed by atoms with Gasteiger partial charge in [0.1, 0.15) is 5.03 Å². The Morgan fingerprint density at radius 2 is 1.73 bits per heavy atom. The minimum absolute atomic E-state index is 0.229. The van der Waals surface area contributed by atoms with Crippen LogP contribution in [-0.2, 0) is 4.79 Å². The van der Waals surface area contributed by atoms with Crippen LogP contribution < -0.4 is 10.6 Å². The number of anilines is 3. The SMILES string of the molecule is C=CC(=O)Nc1ccc(Sc2ccnc(Nc3ccc(C)cc3)n2)cc1. The van der Waals surface area contributed by atoms with E-state index in [1.807, 2.05) is 61.5 Å². The molecule has 0 bridgehead atoms. The lowest BCUT2D eigenvalue weighted by Gasteiger charge is -2.07. The van der Waals surface area contributed by atoms with Crippen molar-refractivity contribution >= 4 is 35.0 Å². The van der Waals surface area contributed by atoms with Gasteiger partial charge in [-0.3, -0.25) is 4.79 Å². The number of aromatic nitrogens is 2. The highest BCUT2D eigenvalue weighted by atomic mass is 32.2. The van der Waals surface area contributed by atoms with Crippen molar-refractivity contribution in [2.45, 2.75) is 16.8 Å². The third-order valence-corrected chi connectivity index (χ3v) is 4.41. The smallest absolute Gasteiger partial charge is 0.247 e. The predicted molar refractivity (Wildman–Crippen MR) is 106 cm³/mol. The molecule has 5 nitrogen and oxygen atoms in total. The Kier molecular flexibility index (Phi) is 5.66. The number of aryl methyl sites for hydroxylation is 1. The van der Waals surface area contributed by atoms with Crippen LogP contribution in [0.1, 0.15) is 5.56 Å². The summed E-state index contributed by atoms with van der Waals surface area (Å²) < 4.78 is 0. The molecule has 0 atom stereocenters. The van der Waals surface area contributed by atoms with E-state index in [2.05, 4.69) is 27.2 Å². The molecule has 1 heterocycles. The molecule has 1 amide bonds. The summed E-state index contributed by atoms with van der Waals surface area (Å²) in [5, 5.41) is 6.75. The molecule has 0 radical (unpaired) electrons. The summed E-state index contributed by atoms with van der Waals surface area (Å²) in [5.41, 5.74) is 2.87. The lowest BCUT2D eigenvalue weighted by molar-refractivity contribution is -0.111. The second kappa shape index (κ2) is 8.31. The van der Waals surface area contributed by atoms with Gasteiger partial charge in [-0.1, -0.05) is 36.0 Å². The molecule has 0 aliphatic carbocycles. The molecule has 0 aliphatic heterocycles. The standard InChI is InChI=1S/C20H18N4OS/c1-3-18(25)22-15-8-10-17(11-9-15)26-19-12-13-21-20(24-19)23-16-6-4-14(2)5-7-16/h3-13H,1H2,2H3,(H,22,25)(H,21,23,24). The van der Waals surface area contributed by atoms with Gasteiger partial charge in [-0.15, -0.1) is 0 Å². The van der Waals surface area contributed by atoms with Gasteiger partial charge in [-0.25, -0.2) is 9.97 Å². The highest BCUT2D eigenvalue weighted by molar-refractivity contribution is 7.99. The number of nitrogens with zero attached hydrogens (tertiary/aromatic N) is 2. The fourth-order valence-corrected chi connectivity index (χ4v) is 2.92. The van der Waals surface area contributed by atoms with E-state index < -0.39 is 0 Å². The van der Waals surface area contributed by atoms with Gasteiger partial charge in [0.2, 0.25) is 11.9 Å². The van der Waals surface area contributed by atoms with Crippen LogP contribution in [0.25, 0.3) is 0 Å². The number of hydrogen-bond acceptors (Lipinski definition) is 5. The summed E-state index contributed by atoms with van der Waals surface area (Å²) in [6.45, 7) is 5.48. The minimum Gasteiger partial charge on any atom is -0.324 e. The van der Waals surface area contributed by atoms with E-state index in [0.29, 0.717) is 5.95 Å². The number of carbonyl (C=O) groups excluding carboxylic acids is 1. The van der Waals surface area contributed by atoms with Crippen LogP contribution >= 0.6 is 11.8 Å². The van der Waals surface area contributed by atoms with E-state index in [-0.39, 0.29) is 5.91 Å². The van der Waals surface area contributed by atoms with Crippen molar-refractivity contribution in [2.75, 3.05) is 10.6 Å². The second-order valence-electron chi connectivity index (χ2n) is 5.53. The highest BCUT2D eigenvalue weighted by Crippen LogP contribution is 2.27. The summed E-state index contributed by atoms with van der Waals surface area (Å²) in [4.78, 5) is 21.1. The largest absolute Gasteiger partial charge is 0.324 e. The number of benzene rings is 2. The van der Waals surface area contributed by atoms with Crippen molar-refractivity contribution in [2.24, 2.45) is 0 Å². The van der Waals surface area contributed by atoms with E-state index in [1.54, 1.807) is 6.20 Å². The van der Waals surface area contributed by atoms with Crippen LogP contribution in [0.5, 0.6) is 0 Å². The third kappa shape index (κ3) is 4.94. The van der Waals surface area contributed by atoms with E-state index in [0.717, 1.165) is 21.3 Å². The van der Waals surface area contributed by atoms with Crippen molar-refractivity contribution < 1.29 is 4.79 Å². The average Bonchev–Trinajstić information content (AvgIpc) is 2.65. The first-order chi connectivity index (χ1) is 12.6. The minimum atomic E-state index is -0.229. The topological polar surface area (TPSA) is 66.9 Å². The Hall–Kier alpha value is -3.12. The highest BCUT2D eigenvalue weighted by Gasteiger charge is 2.04. The molecule has 3 rings (SSSR count). The maximum atomic E-state index is 11.3. The molecule has 2 aromatic carbocycles. The van der Waals surface area contributed by atoms with Crippen molar-refractivity contribution in [3.63, 3.8) is 0 Å². The molecule has 0 fully saturated rings. The van der Waals surface area contributed by atoms with Gasteiger partial charge in [-0.05, 0) is 55.5 Å². The first kappa shape index (κ1) is 17.7. The van der Waals surface area contributed by atoms with Crippen LogP contribution in [0.3, 0.4) is 0 Å². The molecule has 0 unspecified atom stereocenters. The van der Waals surface area contributed by atoms with Crippen LogP contribution in [0.4, 0.5) is 17.3 Å². The summed E-state index contributed by atoms with van der Waals surface area (Å²) in [5.74, 6) is 0.321. The predicted octanol–water partition coefficient (Wildman–Crippen LogP) is 4.80. The lowest BCUT2D eigenvalue weighted by Crippen LogP contribution is -2.06. The fourth-order valence-electron chi connectivity index (χ4n) is 2.15. The maximum Gasteiger partial charge on any atom is 0.247 e. The van der Waals surface area contributed by atoms with Gasteiger partial charge in [0.25, 0.3) is 0 Å².